The molecule has 128 valence electrons. The summed E-state index contributed by atoms with van der Waals surface area (Å²) >= 11 is 0. The van der Waals surface area contributed by atoms with E-state index in [4.69, 9.17) is 9.26 Å². The molecule has 1 unspecified atom stereocenters. The summed E-state index contributed by atoms with van der Waals surface area (Å²) in [6.45, 7) is 7.45. The molecule has 2 aromatic heterocycles. The quantitative estimate of drug-likeness (QED) is 0.899. The number of hydrogen-bond donors (Lipinski definition) is 1. The third kappa shape index (κ3) is 2.71. The van der Waals surface area contributed by atoms with Crippen molar-refractivity contribution in [3.8, 4) is 0 Å². The van der Waals surface area contributed by atoms with Crippen LogP contribution in [0.25, 0.3) is 0 Å². The van der Waals surface area contributed by atoms with Crippen LogP contribution in [0.5, 0.6) is 0 Å². The molecule has 2 aromatic rings. The lowest BCUT2D eigenvalue weighted by molar-refractivity contribution is -0.0782. The van der Waals surface area contributed by atoms with Gasteiger partial charge in [0, 0.05) is 44.6 Å². The van der Waals surface area contributed by atoms with Crippen molar-refractivity contribution in [1.29, 1.82) is 0 Å². The Hall–Kier alpha value is -2.19. The molecule has 1 atom stereocenters. The monoisotopic (exact) mass is 331 g/mol. The number of nitrogens with one attached hydrogen (secondary N) is 1. The van der Waals surface area contributed by atoms with Gasteiger partial charge in [0.2, 0.25) is 0 Å². The van der Waals surface area contributed by atoms with E-state index in [9.17, 15) is 4.79 Å². The lowest BCUT2D eigenvalue weighted by Gasteiger charge is -2.47. The number of nitrogens with zero attached hydrogens (tertiary/aromatic N) is 4. The van der Waals surface area contributed by atoms with Gasteiger partial charge in [0.1, 0.15) is 6.10 Å². The molecule has 0 radical (unpaired) electrons. The van der Waals surface area contributed by atoms with Gasteiger partial charge in [-0.3, -0.25) is 9.69 Å². The van der Waals surface area contributed by atoms with Gasteiger partial charge in [0.05, 0.1) is 12.2 Å². The maximum absolute atomic E-state index is 12.5. The molecule has 8 nitrogen and oxygen atoms in total. The van der Waals surface area contributed by atoms with Gasteiger partial charge in [-0.1, -0.05) is 5.16 Å². The summed E-state index contributed by atoms with van der Waals surface area (Å²) < 4.78 is 11.0. The first-order valence-corrected chi connectivity index (χ1v) is 8.20. The van der Waals surface area contributed by atoms with Crippen LogP contribution in [0.4, 0.5) is 0 Å². The molecule has 24 heavy (non-hydrogen) atoms. The number of morpholine rings is 1. The average molecular weight is 331 g/mol. The largest absolute Gasteiger partial charge is 0.367 e. The number of H-pyrrole nitrogens is 1. The minimum absolute atomic E-state index is 0.0994. The lowest BCUT2D eigenvalue weighted by Crippen LogP contribution is -2.63. The van der Waals surface area contributed by atoms with Crippen molar-refractivity contribution in [3.05, 3.63) is 35.2 Å². The third-order valence-electron chi connectivity index (χ3n) is 4.77. The fraction of sp³-hybridized carbons (Fsp3) is 0.562. The average Bonchev–Trinajstić information content (AvgIpc) is 3.14. The first-order chi connectivity index (χ1) is 11.6. The topological polar surface area (TPSA) is 87.5 Å². The van der Waals surface area contributed by atoms with E-state index >= 15 is 0 Å². The molecule has 2 fully saturated rings. The van der Waals surface area contributed by atoms with Crippen molar-refractivity contribution in [3.63, 3.8) is 0 Å². The zero-order valence-corrected chi connectivity index (χ0v) is 13.9. The number of aromatic amines is 1. The normalized spacial score (nSPS) is 22.6. The number of rotatable bonds is 3. The van der Waals surface area contributed by atoms with Crippen LogP contribution in [-0.4, -0.2) is 69.7 Å². The second-order valence-electron chi connectivity index (χ2n) is 6.45. The Morgan fingerprint density at radius 1 is 1.29 bits per heavy atom. The van der Waals surface area contributed by atoms with Crippen molar-refractivity contribution in [2.75, 3.05) is 32.8 Å². The highest BCUT2D eigenvalue weighted by Crippen LogP contribution is 2.26. The van der Waals surface area contributed by atoms with Gasteiger partial charge >= 0.3 is 0 Å². The molecule has 4 rings (SSSR count). The van der Waals surface area contributed by atoms with Gasteiger partial charge in [-0.2, -0.15) is 4.98 Å². The van der Waals surface area contributed by atoms with Gasteiger partial charge < -0.3 is 19.1 Å². The summed E-state index contributed by atoms with van der Waals surface area (Å²) in [4.78, 5) is 23.9. The molecule has 0 aliphatic carbocycles. The lowest BCUT2D eigenvalue weighted by atomic mass is 10.0. The highest BCUT2D eigenvalue weighted by Gasteiger charge is 2.39. The molecular formula is C16H21N5O3. The highest BCUT2D eigenvalue weighted by atomic mass is 16.5. The molecule has 0 bridgehead atoms. The molecule has 4 heterocycles. The number of aryl methyl sites for hydroxylation is 2. The summed E-state index contributed by atoms with van der Waals surface area (Å²) in [6.07, 6.45) is 3.44. The zero-order valence-electron chi connectivity index (χ0n) is 13.9. The van der Waals surface area contributed by atoms with E-state index in [0.29, 0.717) is 24.4 Å². The summed E-state index contributed by atoms with van der Waals surface area (Å²) in [5.74, 6) is 1.25. The Bertz CT molecular complexity index is 734. The van der Waals surface area contributed by atoms with E-state index < -0.39 is 0 Å². The van der Waals surface area contributed by atoms with Crippen molar-refractivity contribution >= 4 is 5.91 Å². The third-order valence-corrected chi connectivity index (χ3v) is 4.77. The van der Waals surface area contributed by atoms with Gasteiger partial charge in [0.25, 0.3) is 11.8 Å². The number of hydrogen-bond acceptors (Lipinski definition) is 6. The van der Waals surface area contributed by atoms with Crippen LogP contribution in [0.1, 0.15) is 33.7 Å². The van der Waals surface area contributed by atoms with Crippen LogP contribution in [-0.2, 0) is 4.74 Å². The summed E-state index contributed by atoms with van der Waals surface area (Å²) in [7, 11) is 0. The molecule has 1 amide bonds. The van der Waals surface area contributed by atoms with E-state index in [1.807, 2.05) is 18.0 Å². The fourth-order valence-corrected chi connectivity index (χ4v) is 3.29. The van der Waals surface area contributed by atoms with Crippen molar-refractivity contribution in [2.24, 2.45) is 0 Å². The molecule has 2 aliphatic heterocycles. The number of ether oxygens (including phenoxy) is 1. The number of amides is 1. The molecule has 0 aromatic carbocycles. The Kier molecular flexibility index (Phi) is 3.85. The Balaban J connectivity index is 1.35. The summed E-state index contributed by atoms with van der Waals surface area (Å²) in [5, 5.41) is 3.83. The van der Waals surface area contributed by atoms with Crippen LogP contribution in [0.2, 0.25) is 0 Å². The van der Waals surface area contributed by atoms with Crippen molar-refractivity contribution in [1.82, 2.24) is 24.9 Å². The second kappa shape index (κ2) is 6.03. The molecule has 1 N–H and O–H groups in total. The van der Waals surface area contributed by atoms with Crippen LogP contribution >= 0.6 is 0 Å². The van der Waals surface area contributed by atoms with Crippen molar-refractivity contribution in [2.45, 2.75) is 26.0 Å². The predicted octanol–water partition coefficient (Wildman–Crippen LogP) is 0.912. The standard InChI is InChI=1S/C16H21N5O3/c1-10-5-17-6-13(10)16(22)21-7-12(8-21)20-3-4-23-14(9-20)15-18-11(2)19-24-15/h5-6,12,14,17H,3-4,7-9H2,1-2H3. The van der Waals surface area contributed by atoms with Gasteiger partial charge in [-0.25, -0.2) is 0 Å². The Labute approximate surface area is 139 Å². The summed E-state index contributed by atoms with van der Waals surface area (Å²) in [6, 6.07) is 0.364. The van der Waals surface area contributed by atoms with Gasteiger partial charge in [-0.05, 0) is 19.4 Å². The zero-order chi connectivity index (χ0) is 16.7. The molecule has 2 saturated heterocycles. The molecule has 0 saturated carbocycles. The number of carbonyl (C=O) groups excluding carboxylic acids is 1. The summed E-state index contributed by atoms with van der Waals surface area (Å²) in [5.41, 5.74) is 1.75. The smallest absolute Gasteiger partial charge is 0.257 e. The van der Waals surface area contributed by atoms with E-state index in [2.05, 4.69) is 20.0 Å². The number of carbonyl (C=O) groups is 1. The first-order valence-electron chi connectivity index (χ1n) is 8.20. The second-order valence-corrected chi connectivity index (χ2v) is 6.45. The maximum atomic E-state index is 12.5. The van der Waals surface area contributed by atoms with Gasteiger partial charge in [-0.15, -0.1) is 0 Å². The Morgan fingerprint density at radius 3 is 2.79 bits per heavy atom. The molecule has 8 heteroatoms. The van der Waals surface area contributed by atoms with E-state index in [1.54, 1.807) is 13.1 Å². The SMILES string of the molecule is Cc1noc(C2CN(C3CN(C(=O)c4c[nH]cc4C)C3)CCO2)n1. The van der Waals surface area contributed by atoms with Gasteiger partial charge in [0.15, 0.2) is 5.82 Å². The highest BCUT2D eigenvalue weighted by molar-refractivity contribution is 5.96. The van der Waals surface area contributed by atoms with Crippen LogP contribution < -0.4 is 0 Å². The Morgan fingerprint density at radius 2 is 2.12 bits per heavy atom. The van der Waals surface area contributed by atoms with Crippen LogP contribution in [0.15, 0.2) is 16.9 Å². The van der Waals surface area contributed by atoms with Crippen LogP contribution in [0, 0.1) is 13.8 Å². The fourth-order valence-electron chi connectivity index (χ4n) is 3.29. The maximum Gasteiger partial charge on any atom is 0.257 e. The predicted molar refractivity (Wildman–Crippen MR) is 84.5 cm³/mol. The molecule has 2 aliphatic rings. The van der Waals surface area contributed by atoms with E-state index in [0.717, 1.165) is 37.3 Å². The number of aromatic nitrogens is 3. The van der Waals surface area contributed by atoms with E-state index in [-0.39, 0.29) is 12.0 Å². The molecular weight excluding hydrogens is 310 g/mol. The number of likely N-dealkylation sites (tertiary alicyclic amines) is 1. The minimum atomic E-state index is -0.184. The first kappa shape index (κ1) is 15.3. The molecule has 0 spiro atoms. The van der Waals surface area contributed by atoms with E-state index in [1.165, 1.54) is 0 Å². The minimum Gasteiger partial charge on any atom is -0.367 e. The van der Waals surface area contributed by atoms with Crippen LogP contribution in [0.3, 0.4) is 0 Å². The van der Waals surface area contributed by atoms with Crippen molar-refractivity contribution < 1.29 is 14.1 Å².